The molecular weight excluding hydrogens is 280 g/mol. The zero-order valence-corrected chi connectivity index (χ0v) is 12.3. The highest BCUT2D eigenvalue weighted by molar-refractivity contribution is 6.29. The molecule has 20 heavy (non-hydrogen) atoms. The van der Waals surface area contributed by atoms with E-state index in [0.29, 0.717) is 18.1 Å². The van der Waals surface area contributed by atoms with Crippen LogP contribution >= 0.6 is 11.6 Å². The number of aromatic nitrogens is 1. The lowest BCUT2D eigenvalue weighted by Crippen LogP contribution is -2.21. The van der Waals surface area contributed by atoms with Gasteiger partial charge in [-0.3, -0.25) is 9.59 Å². The van der Waals surface area contributed by atoms with Crippen LogP contribution in [0.5, 0.6) is 0 Å². The zero-order valence-electron chi connectivity index (χ0n) is 11.6. The van der Waals surface area contributed by atoms with Gasteiger partial charge in [0.25, 0.3) is 0 Å². The number of esters is 1. The number of carbonyl (C=O) groups is 2. The molecule has 1 fully saturated rings. The smallest absolute Gasteiger partial charge is 0.310 e. The zero-order chi connectivity index (χ0) is 14.7. The maximum atomic E-state index is 11.8. The molecule has 0 saturated carbocycles. The van der Waals surface area contributed by atoms with Gasteiger partial charge in [-0.1, -0.05) is 17.7 Å². The minimum Gasteiger partial charge on any atom is -0.465 e. The molecule has 0 N–H and O–H groups in total. The number of halogens is 1. The van der Waals surface area contributed by atoms with E-state index in [-0.39, 0.29) is 30.8 Å². The predicted octanol–water partition coefficient (Wildman–Crippen LogP) is 1.61. The molecule has 108 valence electrons. The summed E-state index contributed by atoms with van der Waals surface area (Å²) in [5.74, 6) is -0.107. The molecule has 0 radical (unpaired) electrons. The average Bonchev–Trinajstić information content (AvgIpc) is 2.70. The number of carbonyl (C=O) groups excluding carboxylic acids is 2. The van der Waals surface area contributed by atoms with Crippen molar-refractivity contribution in [1.82, 2.24) is 9.88 Å². The largest absolute Gasteiger partial charge is 0.465 e. The molecular formula is C14H17ClN2O3. The summed E-state index contributed by atoms with van der Waals surface area (Å²) in [5.41, 5.74) is 1.53. The van der Waals surface area contributed by atoms with Crippen LogP contribution in [0.1, 0.15) is 17.7 Å². The second-order valence-electron chi connectivity index (χ2n) is 5.08. The first-order valence-corrected chi connectivity index (χ1v) is 6.85. The van der Waals surface area contributed by atoms with Crippen LogP contribution in [0.25, 0.3) is 0 Å². The van der Waals surface area contributed by atoms with Crippen molar-refractivity contribution in [2.75, 3.05) is 20.2 Å². The van der Waals surface area contributed by atoms with Crippen LogP contribution in [0.4, 0.5) is 0 Å². The molecule has 5 nitrogen and oxygen atoms in total. The average molecular weight is 297 g/mol. The molecule has 1 amide bonds. The lowest BCUT2D eigenvalue weighted by Gasteiger charge is -2.11. The fourth-order valence-electron chi connectivity index (χ4n) is 2.23. The van der Waals surface area contributed by atoms with Crippen molar-refractivity contribution in [2.45, 2.75) is 19.8 Å². The Morgan fingerprint density at radius 2 is 2.30 bits per heavy atom. The molecule has 0 bridgehead atoms. The minimum atomic E-state index is -0.306. The second kappa shape index (κ2) is 6.22. The third kappa shape index (κ3) is 3.70. The number of pyridine rings is 1. The number of likely N-dealkylation sites (tertiary alicyclic amines) is 1. The number of hydrogen-bond acceptors (Lipinski definition) is 4. The van der Waals surface area contributed by atoms with Gasteiger partial charge in [0.05, 0.1) is 13.0 Å². The first kappa shape index (κ1) is 14.8. The predicted molar refractivity (Wildman–Crippen MR) is 74.4 cm³/mol. The van der Waals surface area contributed by atoms with E-state index in [1.807, 2.05) is 0 Å². The Morgan fingerprint density at radius 1 is 1.55 bits per heavy atom. The SMILES string of the molecule is Cc1nc(Cl)ccc1CC(=O)OC[C@H]1CC(=O)N(C)C1. The van der Waals surface area contributed by atoms with E-state index in [2.05, 4.69) is 4.98 Å². The fraction of sp³-hybridized carbons (Fsp3) is 0.500. The maximum Gasteiger partial charge on any atom is 0.310 e. The maximum absolute atomic E-state index is 11.8. The Balaban J connectivity index is 1.82. The van der Waals surface area contributed by atoms with Gasteiger partial charge in [-0.15, -0.1) is 0 Å². The molecule has 0 unspecified atom stereocenters. The van der Waals surface area contributed by atoms with Crippen molar-refractivity contribution < 1.29 is 14.3 Å². The van der Waals surface area contributed by atoms with Gasteiger partial charge < -0.3 is 9.64 Å². The van der Waals surface area contributed by atoms with Crippen molar-refractivity contribution in [1.29, 1.82) is 0 Å². The molecule has 1 saturated heterocycles. The fourth-order valence-corrected chi connectivity index (χ4v) is 2.42. The molecule has 1 atom stereocenters. The quantitative estimate of drug-likeness (QED) is 0.625. The highest BCUT2D eigenvalue weighted by Crippen LogP contribution is 2.17. The van der Waals surface area contributed by atoms with Crippen LogP contribution < -0.4 is 0 Å². The van der Waals surface area contributed by atoms with Crippen molar-refractivity contribution in [3.05, 3.63) is 28.5 Å². The summed E-state index contributed by atoms with van der Waals surface area (Å²) in [6.07, 6.45) is 0.623. The van der Waals surface area contributed by atoms with Gasteiger partial charge in [0, 0.05) is 31.6 Å². The van der Waals surface area contributed by atoms with Crippen molar-refractivity contribution in [3.8, 4) is 0 Å². The monoisotopic (exact) mass is 296 g/mol. The van der Waals surface area contributed by atoms with Gasteiger partial charge in [0.15, 0.2) is 0 Å². The summed E-state index contributed by atoms with van der Waals surface area (Å²) < 4.78 is 5.23. The van der Waals surface area contributed by atoms with E-state index >= 15 is 0 Å². The van der Waals surface area contributed by atoms with Crippen LogP contribution in [-0.4, -0.2) is 42.0 Å². The molecule has 1 aromatic heterocycles. The number of aryl methyl sites for hydroxylation is 1. The Morgan fingerprint density at radius 3 is 2.90 bits per heavy atom. The summed E-state index contributed by atoms with van der Waals surface area (Å²) in [6, 6.07) is 3.43. The molecule has 1 aromatic rings. The summed E-state index contributed by atoms with van der Waals surface area (Å²) in [7, 11) is 1.76. The normalized spacial score (nSPS) is 18.4. The topological polar surface area (TPSA) is 59.5 Å². The second-order valence-corrected chi connectivity index (χ2v) is 5.47. The number of rotatable bonds is 4. The van der Waals surface area contributed by atoms with Gasteiger partial charge in [-0.05, 0) is 18.6 Å². The molecule has 2 rings (SSSR count). The molecule has 1 aliphatic heterocycles. The van der Waals surface area contributed by atoms with Gasteiger partial charge in [0.2, 0.25) is 5.91 Å². The molecule has 0 spiro atoms. The highest BCUT2D eigenvalue weighted by atomic mass is 35.5. The minimum absolute atomic E-state index is 0.0980. The van der Waals surface area contributed by atoms with E-state index in [0.717, 1.165) is 11.3 Å². The van der Waals surface area contributed by atoms with E-state index in [9.17, 15) is 9.59 Å². The van der Waals surface area contributed by atoms with Crippen LogP contribution in [0.2, 0.25) is 5.15 Å². The van der Waals surface area contributed by atoms with Crippen LogP contribution in [0.3, 0.4) is 0 Å². The van der Waals surface area contributed by atoms with Crippen molar-refractivity contribution >= 4 is 23.5 Å². The molecule has 2 heterocycles. The van der Waals surface area contributed by atoms with Gasteiger partial charge in [-0.25, -0.2) is 4.98 Å². The number of ether oxygens (including phenoxy) is 1. The van der Waals surface area contributed by atoms with E-state index in [1.54, 1.807) is 31.0 Å². The molecule has 6 heteroatoms. The molecule has 0 aromatic carbocycles. The van der Waals surface area contributed by atoms with E-state index in [4.69, 9.17) is 16.3 Å². The number of hydrogen-bond donors (Lipinski definition) is 0. The number of nitrogens with zero attached hydrogens (tertiary/aromatic N) is 2. The van der Waals surface area contributed by atoms with Gasteiger partial charge in [0.1, 0.15) is 5.15 Å². The van der Waals surface area contributed by atoms with Crippen molar-refractivity contribution in [2.24, 2.45) is 5.92 Å². The van der Waals surface area contributed by atoms with E-state index in [1.165, 1.54) is 0 Å². The third-order valence-electron chi connectivity index (χ3n) is 3.40. The van der Waals surface area contributed by atoms with Crippen LogP contribution in [-0.2, 0) is 20.7 Å². The first-order valence-electron chi connectivity index (χ1n) is 6.47. The summed E-state index contributed by atoms with van der Waals surface area (Å²) >= 11 is 5.76. The first-order chi connectivity index (χ1) is 9.45. The summed E-state index contributed by atoms with van der Waals surface area (Å²) in [4.78, 5) is 28.9. The third-order valence-corrected chi connectivity index (χ3v) is 3.61. The van der Waals surface area contributed by atoms with Gasteiger partial charge in [-0.2, -0.15) is 0 Å². The Hall–Kier alpha value is -1.62. The Labute approximate surface area is 122 Å². The lowest BCUT2D eigenvalue weighted by molar-refractivity contribution is -0.144. The Kier molecular flexibility index (Phi) is 4.60. The van der Waals surface area contributed by atoms with Crippen molar-refractivity contribution in [3.63, 3.8) is 0 Å². The standard InChI is InChI=1S/C14H17ClN2O3/c1-9-11(3-4-12(15)16-9)6-14(19)20-8-10-5-13(18)17(2)7-10/h3-4,10H,5-8H2,1-2H3/t10-/m0/s1. The van der Waals surface area contributed by atoms with Crippen LogP contribution in [0.15, 0.2) is 12.1 Å². The molecule has 0 aliphatic carbocycles. The summed E-state index contributed by atoms with van der Waals surface area (Å²) in [6.45, 7) is 2.74. The van der Waals surface area contributed by atoms with E-state index < -0.39 is 0 Å². The lowest BCUT2D eigenvalue weighted by atomic mass is 10.1. The Bertz CT molecular complexity index is 533. The number of amides is 1. The van der Waals surface area contributed by atoms with Gasteiger partial charge >= 0.3 is 5.97 Å². The summed E-state index contributed by atoms with van der Waals surface area (Å²) in [5, 5.41) is 0.409. The van der Waals surface area contributed by atoms with Crippen LogP contribution in [0, 0.1) is 12.8 Å². The highest BCUT2D eigenvalue weighted by Gasteiger charge is 2.27. The molecule has 1 aliphatic rings.